The van der Waals surface area contributed by atoms with Crippen molar-refractivity contribution in [2.24, 2.45) is 0 Å². The average Bonchev–Trinajstić information content (AvgIpc) is 2.49. The van der Waals surface area contributed by atoms with E-state index in [4.69, 9.17) is 14.2 Å². The van der Waals surface area contributed by atoms with Crippen LogP contribution >= 0.6 is 0 Å². The fourth-order valence-corrected chi connectivity index (χ4v) is 2.56. The minimum atomic E-state index is -0.0192. The number of benzene rings is 1. The van der Waals surface area contributed by atoms with Crippen molar-refractivity contribution in [2.75, 3.05) is 27.4 Å². The molecule has 0 N–H and O–H groups in total. The highest BCUT2D eigenvalue weighted by atomic mass is 16.5. The molecule has 2 atom stereocenters. The van der Waals surface area contributed by atoms with Crippen molar-refractivity contribution < 1.29 is 19.0 Å². The van der Waals surface area contributed by atoms with Crippen LogP contribution in [-0.4, -0.2) is 50.3 Å². The standard InChI is InChI=1S/C16H23NO4/c1-10-9-21-11(2)8-17(10)16(18)13-6-14(19-4)12(3)15(7-13)20-5/h6-7,10-11H,8-9H2,1-5H3. The molecule has 1 heterocycles. The maximum atomic E-state index is 12.8. The normalized spacial score (nSPS) is 22.0. The van der Waals surface area contributed by atoms with Gasteiger partial charge in [0.15, 0.2) is 0 Å². The zero-order chi connectivity index (χ0) is 15.6. The Morgan fingerprint density at radius 1 is 1.24 bits per heavy atom. The number of methoxy groups -OCH3 is 2. The van der Waals surface area contributed by atoms with Crippen LogP contribution in [0.3, 0.4) is 0 Å². The molecule has 1 saturated heterocycles. The van der Waals surface area contributed by atoms with Crippen LogP contribution in [0.5, 0.6) is 11.5 Å². The SMILES string of the molecule is COc1cc(C(=O)N2CC(C)OCC2C)cc(OC)c1C. The zero-order valence-electron chi connectivity index (χ0n) is 13.3. The molecule has 2 unspecified atom stereocenters. The third-order valence-corrected chi connectivity index (χ3v) is 3.87. The quantitative estimate of drug-likeness (QED) is 0.857. The molecule has 0 aromatic heterocycles. The van der Waals surface area contributed by atoms with E-state index in [1.165, 1.54) is 0 Å². The summed E-state index contributed by atoms with van der Waals surface area (Å²) in [5, 5.41) is 0. The maximum Gasteiger partial charge on any atom is 0.254 e. The highest BCUT2D eigenvalue weighted by molar-refractivity contribution is 5.95. The van der Waals surface area contributed by atoms with Crippen LogP contribution in [0, 0.1) is 6.92 Å². The number of ether oxygens (including phenoxy) is 3. The molecule has 0 radical (unpaired) electrons. The van der Waals surface area contributed by atoms with Crippen molar-refractivity contribution >= 4 is 5.91 Å². The number of hydrogen-bond donors (Lipinski definition) is 0. The van der Waals surface area contributed by atoms with Gasteiger partial charge < -0.3 is 19.1 Å². The smallest absolute Gasteiger partial charge is 0.254 e. The molecule has 5 nitrogen and oxygen atoms in total. The van der Waals surface area contributed by atoms with Crippen LogP contribution in [0.15, 0.2) is 12.1 Å². The highest BCUT2D eigenvalue weighted by Crippen LogP contribution is 2.30. The van der Waals surface area contributed by atoms with E-state index < -0.39 is 0 Å². The summed E-state index contributed by atoms with van der Waals surface area (Å²) in [6, 6.07) is 3.60. The first kappa shape index (κ1) is 15.6. The summed E-state index contributed by atoms with van der Waals surface area (Å²) in [7, 11) is 3.19. The predicted molar refractivity (Wildman–Crippen MR) is 80.2 cm³/mol. The first-order valence-electron chi connectivity index (χ1n) is 7.13. The van der Waals surface area contributed by atoms with Gasteiger partial charge in [-0.3, -0.25) is 4.79 Å². The molecule has 0 bridgehead atoms. The fourth-order valence-electron chi connectivity index (χ4n) is 2.56. The van der Waals surface area contributed by atoms with Crippen LogP contribution in [0.1, 0.15) is 29.8 Å². The summed E-state index contributed by atoms with van der Waals surface area (Å²) in [5.74, 6) is 1.30. The lowest BCUT2D eigenvalue weighted by molar-refractivity contribution is -0.0387. The van der Waals surface area contributed by atoms with Gasteiger partial charge in [-0.2, -0.15) is 0 Å². The molecular formula is C16H23NO4. The van der Waals surface area contributed by atoms with E-state index in [1.807, 2.05) is 25.7 Å². The Balaban J connectivity index is 2.34. The molecule has 1 aromatic rings. The number of carbonyl (C=O) groups is 1. The molecule has 1 aliphatic rings. The molecule has 116 valence electrons. The van der Waals surface area contributed by atoms with E-state index in [9.17, 15) is 4.79 Å². The molecular weight excluding hydrogens is 270 g/mol. The van der Waals surface area contributed by atoms with Crippen molar-refractivity contribution in [1.82, 2.24) is 4.90 Å². The Kier molecular flexibility index (Phi) is 4.73. The van der Waals surface area contributed by atoms with Gasteiger partial charge in [-0.25, -0.2) is 0 Å². The van der Waals surface area contributed by atoms with Crippen LogP contribution in [-0.2, 0) is 4.74 Å². The number of morpholine rings is 1. The molecule has 2 rings (SSSR count). The van der Waals surface area contributed by atoms with Gasteiger partial charge in [-0.1, -0.05) is 0 Å². The van der Waals surface area contributed by atoms with Crippen molar-refractivity contribution in [2.45, 2.75) is 32.9 Å². The maximum absolute atomic E-state index is 12.8. The van der Waals surface area contributed by atoms with E-state index >= 15 is 0 Å². The number of nitrogens with zero attached hydrogens (tertiary/aromatic N) is 1. The molecule has 1 aliphatic heterocycles. The van der Waals surface area contributed by atoms with Crippen molar-refractivity contribution in [3.05, 3.63) is 23.3 Å². The molecule has 0 spiro atoms. The van der Waals surface area contributed by atoms with Gasteiger partial charge in [0.05, 0.1) is 33.0 Å². The first-order chi connectivity index (χ1) is 9.97. The van der Waals surface area contributed by atoms with E-state index in [2.05, 4.69) is 0 Å². The molecule has 0 saturated carbocycles. The minimum Gasteiger partial charge on any atom is -0.496 e. The monoisotopic (exact) mass is 293 g/mol. The van der Waals surface area contributed by atoms with E-state index in [-0.39, 0.29) is 18.1 Å². The van der Waals surface area contributed by atoms with Crippen LogP contribution < -0.4 is 9.47 Å². The molecule has 5 heteroatoms. The summed E-state index contributed by atoms with van der Waals surface area (Å²) in [5.41, 5.74) is 1.47. The van der Waals surface area contributed by atoms with Gasteiger partial charge in [-0.15, -0.1) is 0 Å². The average molecular weight is 293 g/mol. The Bertz CT molecular complexity index is 504. The third-order valence-electron chi connectivity index (χ3n) is 3.87. The topological polar surface area (TPSA) is 48.0 Å². The molecule has 0 aliphatic carbocycles. The third kappa shape index (κ3) is 3.13. The zero-order valence-corrected chi connectivity index (χ0v) is 13.3. The van der Waals surface area contributed by atoms with Crippen molar-refractivity contribution in [1.29, 1.82) is 0 Å². The van der Waals surface area contributed by atoms with Crippen molar-refractivity contribution in [3.8, 4) is 11.5 Å². The van der Waals surface area contributed by atoms with Gasteiger partial charge >= 0.3 is 0 Å². The minimum absolute atomic E-state index is 0.0192. The lowest BCUT2D eigenvalue weighted by Gasteiger charge is -2.37. The number of hydrogen-bond acceptors (Lipinski definition) is 4. The number of amides is 1. The van der Waals surface area contributed by atoms with Gasteiger partial charge in [-0.05, 0) is 32.9 Å². The molecule has 1 amide bonds. The first-order valence-corrected chi connectivity index (χ1v) is 7.13. The Morgan fingerprint density at radius 3 is 2.33 bits per heavy atom. The van der Waals surface area contributed by atoms with E-state index in [0.717, 1.165) is 5.56 Å². The molecule has 1 fully saturated rings. The van der Waals surface area contributed by atoms with Crippen LogP contribution in [0.4, 0.5) is 0 Å². The lowest BCUT2D eigenvalue weighted by Crippen LogP contribution is -2.50. The summed E-state index contributed by atoms with van der Waals surface area (Å²) < 4.78 is 16.2. The predicted octanol–water partition coefficient (Wildman–Crippen LogP) is 2.26. The largest absolute Gasteiger partial charge is 0.496 e. The van der Waals surface area contributed by atoms with Gasteiger partial charge in [0.2, 0.25) is 0 Å². The van der Waals surface area contributed by atoms with Gasteiger partial charge in [0.25, 0.3) is 5.91 Å². The second kappa shape index (κ2) is 6.35. The summed E-state index contributed by atoms with van der Waals surface area (Å²) in [6.07, 6.45) is 0.0550. The molecule has 21 heavy (non-hydrogen) atoms. The Morgan fingerprint density at radius 2 is 1.81 bits per heavy atom. The second-order valence-electron chi connectivity index (χ2n) is 5.46. The lowest BCUT2D eigenvalue weighted by atomic mass is 10.1. The Hall–Kier alpha value is -1.75. The van der Waals surface area contributed by atoms with Crippen LogP contribution in [0.2, 0.25) is 0 Å². The van der Waals surface area contributed by atoms with Crippen LogP contribution in [0.25, 0.3) is 0 Å². The number of carbonyl (C=O) groups excluding carboxylic acids is 1. The van der Waals surface area contributed by atoms with E-state index in [1.54, 1.807) is 26.4 Å². The van der Waals surface area contributed by atoms with Crippen molar-refractivity contribution in [3.63, 3.8) is 0 Å². The summed E-state index contributed by atoms with van der Waals surface area (Å²) in [6.45, 7) is 7.03. The second-order valence-corrected chi connectivity index (χ2v) is 5.46. The number of rotatable bonds is 3. The van der Waals surface area contributed by atoms with Gasteiger partial charge in [0.1, 0.15) is 11.5 Å². The Labute approximate surface area is 125 Å². The summed E-state index contributed by atoms with van der Waals surface area (Å²) >= 11 is 0. The summed E-state index contributed by atoms with van der Waals surface area (Å²) in [4.78, 5) is 14.6. The van der Waals surface area contributed by atoms with E-state index in [0.29, 0.717) is 30.2 Å². The fraction of sp³-hybridized carbons (Fsp3) is 0.562. The molecule has 1 aromatic carbocycles. The van der Waals surface area contributed by atoms with Gasteiger partial charge in [0, 0.05) is 17.7 Å². The highest BCUT2D eigenvalue weighted by Gasteiger charge is 2.29.